The molecule has 0 atom stereocenters. The van der Waals surface area contributed by atoms with E-state index in [2.05, 4.69) is 10.5 Å². The Balaban J connectivity index is 1.93. The molecule has 0 aliphatic heterocycles. The first kappa shape index (κ1) is 18.8. The fraction of sp³-hybridized carbons (Fsp3) is 0.176. The van der Waals surface area contributed by atoms with Crippen LogP contribution in [0, 0.1) is 6.92 Å². The molecule has 25 heavy (non-hydrogen) atoms. The molecule has 0 unspecified atom stereocenters. The highest BCUT2D eigenvalue weighted by molar-refractivity contribution is 6.33. The second-order valence-corrected chi connectivity index (χ2v) is 5.51. The molecule has 0 aromatic heterocycles. The number of nitrogens with zero attached hydrogens (tertiary/aromatic N) is 1. The molecule has 0 aliphatic carbocycles. The van der Waals surface area contributed by atoms with Crippen molar-refractivity contribution in [2.45, 2.75) is 13.1 Å². The summed E-state index contributed by atoms with van der Waals surface area (Å²) in [5.74, 6) is -0.678. The van der Waals surface area contributed by atoms with Gasteiger partial charge in [-0.2, -0.15) is 13.2 Å². The maximum absolute atomic E-state index is 12.7. The third-order valence-electron chi connectivity index (χ3n) is 3.22. The Labute approximate surface area is 147 Å². The average Bonchev–Trinajstić information content (AvgIpc) is 2.54. The standard InChI is InChI=1S/C17H14ClF3N2O2/c1-11-4-2-3-5-12(11)9-22-25-10-16(24)23-15-8-13(17(19,20)21)6-7-14(15)18/h2-9H,10H2,1H3,(H,23,24)/b22-9-. The van der Waals surface area contributed by atoms with Crippen molar-refractivity contribution in [1.29, 1.82) is 0 Å². The number of carbonyl (C=O) groups is 1. The third-order valence-corrected chi connectivity index (χ3v) is 3.55. The number of aryl methyl sites for hydroxylation is 1. The summed E-state index contributed by atoms with van der Waals surface area (Å²) in [7, 11) is 0. The fourth-order valence-electron chi connectivity index (χ4n) is 1.91. The summed E-state index contributed by atoms with van der Waals surface area (Å²) >= 11 is 5.80. The van der Waals surface area contributed by atoms with Crippen LogP contribution in [0.3, 0.4) is 0 Å². The summed E-state index contributed by atoms with van der Waals surface area (Å²) in [6.45, 7) is 1.43. The molecule has 132 valence electrons. The molecule has 0 fully saturated rings. The van der Waals surface area contributed by atoms with Gasteiger partial charge in [0.25, 0.3) is 5.91 Å². The molecule has 0 bridgehead atoms. The van der Waals surface area contributed by atoms with Gasteiger partial charge < -0.3 is 10.2 Å². The Bertz CT molecular complexity index is 792. The minimum Gasteiger partial charge on any atom is -0.386 e. The third kappa shape index (κ3) is 5.49. The summed E-state index contributed by atoms with van der Waals surface area (Å²) in [5.41, 5.74) is 0.748. The van der Waals surface area contributed by atoms with Gasteiger partial charge in [-0.25, -0.2) is 0 Å². The molecular formula is C17H14ClF3N2O2. The van der Waals surface area contributed by atoms with Crippen LogP contribution in [0.4, 0.5) is 18.9 Å². The van der Waals surface area contributed by atoms with E-state index >= 15 is 0 Å². The number of halogens is 4. The Kier molecular flexibility index (Phi) is 6.03. The summed E-state index contributed by atoms with van der Waals surface area (Å²) < 4.78 is 38.0. The predicted octanol–water partition coefficient (Wildman–Crippen LogP) is 4.66. The van der Waals surface area contributed by atoms with Crippen LogP contribution in [0.25, 0.3) is 0 Å². The quantitative estimate of drug-likeness (QED) is 0.615. The molecule has 0 saturated heterocycles. The van der Waals surface area contributed by atoms with Crippen LogP contribution in [0.2, 0.25) is 5.02 Å². The number of amides is 1. The minimum atomic E-state index is -4.53. The number of rotatable bonds is 5. The van der Waals surface area contributed by atoms with Gasteiger partial charge in [0, 0.05) is 0 Å². The number of hydrogen-bond acceptors (Lipinski definition) is 3. The Hall–Kier alpha value is -2.54. The van der Waals surface area contributed by atoms with Crippen molar-refractivity contribution >= 4 is 29.4 Å². The van der Waals surface area contributed by atoms with Crippen LogP contribution in [0.5, 0.6) is 0 Å². The van der Waals surface area contributed by atoms with Crippen molar-refractivity contribution in [3.63, 3.8) is 0 Å². The molecule has 1 N–H and O–H groups in total. The van der Waals surface area contributed by atoms with E-state index in [0.29, 0.717) is 0 Å². The molecule has 0 aliphatic rings. The Morgan fingerprint density at radius 1 is 1.28 bits per heavy atom. The number of nitrogens with one attached hydrogen (secondary N) is 1. The van der Waals surface area contributed by atoms with Gasteiger partial charge in [0.05, 0.1) is 22.5 Å². The van der Waals surface area contributed by atoms with Crippen molar-refractivity contribution in [1.82, 2.24) is 0 Å². The van der Waals surface area contributed by atoms with E-state index in [4.69, 9.17) is 16.4 Å². The van der Waals surface area contributed by atoms with Gasteiger partial charge in [0.15, 0.2) is 6.61 Å². The first-order chi connectivity index (χ1) is 11.8. The molecule has 0 radical (unpaired) electrons. The highest BCUT2D eigenvalue weighted by Gasteiger charge is 2.31. The normalized spacial score (nSPS) is 11.6. The van der Waals surface area contributed by atoms with Crippen LogP contribution in [0.15, 0.2) is 47.6 Å². The monoisotopic (exact) mass is 370 g/mol. The van der Waals surface area contributed by atoms with Crippen molar-refractivity contribution < 1.29 is 22.8 Å². The van der Waals surface area contributed by atoms with E-state index in [1.165, 1.54) is 6.21 Å². The van der Waals surface area contributed by atoms with Gasteiger partial charge in [-0.15, -0.1) is 0 Å². The second-order valence-electron chi connectivity index (χ2n) is 5.11. The molecule has 0 spiro atoms. The smallest absolute Gasteiger partial charge is 0.386 e. The lowest BCUT2D eigenvalue weighted by Crippen LogP contribution is -2.18. The minimum absolute atomic E-state index is 0.00948. The highest BCUT2D eigenvalue weighted by atomic mass is 35.5. The van der Waals surface area contributed by atoms with Gasteiger partial charge in [0.1, 0.15) is 0 Å². The molecule has 2 rings (SSSR count). The number of oxime groups is 1. The van der Waals surface area contributed by atoms with E-state index in [1.54, 1.807) is 0 Å². The molecule has 0 saturated carbocycles. The van der Waals surface area contributed by atoms with Gasteiger partial charge >= 0.3 is 6.18 Å². The number of hydrogen-bond donors (Lipinski definition) is 1. The molecular weight excluding hydrogens is 357 g/mol. The van der Waals surface area contributed by atoms with Gasteiger partial charge in [0.2, 0.25) is 0 Å². The summed E-state index contributed by atoms with van der Waals surface area (Å²) in [4.78, 5) is 16.6. The topological polar surface area (TPSA) is 50.7 Å². The molecule has 0 heterocycles. The zero-order valence-corrected chi connectivity index (χ0v) is 13.9. The lowest BCUT2D eigenvalue weighted by molar-refractivity contribution is -0.137. The van der Waals surface area contributed by atoms with Crippen molar-refractivity contribution in [2.75, 3.05) is 11.9 Å². The number of alkyl halides is 3. The molecule has 4 nitrogen and oxygen atoms in total. The van der Waals surface area contributed by atoms with Crippen LogP contribution in [0.1, 0.15) is 16.7 Å². The Morgan fingerprint density at radius 3 is 2.68 bits per heavy atom. The van der Waals surface area contributed by atoms with Crippen LogP contribution < -0.4 is 5.32 Å². The second kappa shape index (κ2) is 8.02. The average molecular weight is 371 g/mol. The summed E-state index contributed by atoms with van der Waals surface area (Å²) in [6.07, 6.45) is -3.09. The maximum Gasteiger partial charge on any atom is 0.416 e. The van der Waals surface area contributed by atoms with Gasteiger partial charge in [-0.3, -0.25) is 4.79 Å². The number of carbonyl (C=O) groups excluding carboxylic acids is 1. The summed E-state index contributed by atoms with van der Waals surface area (Å²) in [6, 6.07) is 10.1. The Morgan fingerprint density at radius 2 is 2.00 bits per heavy atom. The fourth-order valence-corrected chi connectivity index (χ4v) is 2.07. The van der Waals surface area contributed by atoms with E-state index in [-0.39, 0.29) is 10.7 Å². The van der Waals surface area contributed by atoms with Crippen molar-refractivity contribution in [2.24, 2.45) is 5.16 Å². The highest BCUT2D eigenvalue weighted by Crippen LogP contribution is 2.33. The first-order valence-corrected chi connectivity index (χ1v) is 7.53. The van der Waals surface area contributed by atoms with E-state index in [1.807, 2.05) is 31.2 Å². The molecule has 1 amide bonds. The largest absolute Gasteiger partial charge is 0.416 e. The van der Waals surface area contributed by atoms with Crippen LogP contribution in [-0.2, 0) is 15.8 Å². The number of benzene rings is 2. The maximum atomic E-state index is 12.7. The predicted molar refractivity (Wildman–Crippen MR) is 89.8 cm³/mol. The molecule has 2 aromatic carbocycles. The van der Waals surface area contributed by atoms with Crippen molar-refractivity contribution in [3.8, 4) is 0 Å². The van der Waals surface area contributed by atoms with Crippen molar-refractivity contribution in [3.05, 3.63) is 64.2 Å². The van der Waals surface area contributed by atoms with E-state index < -0.39 is 24.3 Å². The van der Waals surface area contributed by atoms with Gasteiger partial charge in [-0.05, 0) is 36.2 Å². The lowest BCUT2D eigenvalue weighted by atomic mass is 10.1. The SMILES string of the molecule is Cc1ccccc1/C=N\OCC(=O)Nc1cc(C(F)(F)F)ccc1Cl. The zero-order chi connectivity index (χ0) is 18.4. The summed E-state index contributed by atoms with van der Waals surface area (Å²) in [5, 5.41) is 5.92. The lowest BCUT2D eigenvalue weighted by Gasteiger charge is -2.11. The van der Waals surface area contributed by atoms with Gasteiger partial charge in [-0.1, -0.05) is 41.0 Å². The van der Waals surface area contributed by atoms with E-state index in [9.17, 15) is 18.0 Å². The first-order valence-electron chi connectivity index (χ1n) is 7.15. The molecule has 2 aromatic rings. The van der Waals surface area contributed by atoms with E-state index in [0.717, 1.165) is 29.3 Å². The zero-order valence-electron chi connectivity index (χ0n) is 13.1. The number of anilines is 1. The van der Waals surface area contributed by atoms with Crippen LogP contribution >= 0.6 is 11.6 Å². The van der Waals surface area contributed by atoms with Crippen LogP contribution in [-0.4, -0.2) is 18.7 Å². The molecule has 8 heteroatoms.